The number of nitrogens with one attached hydrogen (secondary N) is 1. The molecule has 0 aliphatic carbocycles. The molecule has 4 heterocycles. The number of ether oxygens (including phenoxy) is 1. The Bertz CT molecular complexity index is 1370. The topological polar surface area (TPSA) is 122 Å². The average Bonchev–Trinajstić information content (AvgIpc) is 3.41. The summed E-state index contributed by atoms with van der Waals surface area (Å²) in [6.07, 6.45) is 3.42. The number of nitriles is 1. The largest absolute Gasteiger partial charge is 0.481 e. The van der Waals surface area contributed by atoms with Crippen LogP contribution in [0.1, 0.15) is 33.5 Å². The van der Waals surface area contributed by atoms with Crippen molar-refractivity contribution in [3.05, 3.63) is 56.7 Å². The van der Waals surface area contributed by atoms with Gasteiger partial charge in [-0.1, -0.05) is 5.18 Å². The van der Waals surface area contributed by atoms with E-state index in [4.69, 9.17) is 4.74 Å². The lowest BCUT2D eigenvalue weighted by atomic mass is 10.1. The Labute approximate surface area is 182 Å². The number of H-pyrrole nitrogens is 1. The number of aromatic amines is 1. The van der Waals surface area contributed by atoms with Crippen LogP contribution in [0.25, 0.3) is 27.7 Å². The van der Waals surface area contributed by atoms with Crippen molar-refractivity contribution >= 4 is 34.0 Å². The van der Waals surface area contributed by atoms with Gasteiger partial charge in [0.25, 0.3) is 0 Å². The van der Waals surface area contributed by atoms with Gasteiger partial charge in [0.1, 0.15) is 29.1 Å². The Morgan fingerprint density at radius 1 is 1.35 bits per heavy atom. The minimum Gasteiger partial charge on any atom is -0.481 e. The number of allylic oxidation sites excluding steroid dienone is 1. The van der Waals surface area contributed by atoms with Crippen LogP contribution in [0.2, 0.25) is 0 Å². The molecular weight excluding hydrogens is 414 g/mol. The molecule has 1 N–H and O–H groups in total. The van der Waals surface area contributed by atoms with Gasteiger partial charge in [-0.15, -0.1) is 11.3 Å². The number of rotatable bonds is 6. The second-order valence-electron chi connectivity index (χ2n) is 6.93. The van der Waals surface area contributed by atoms with Crippen molar-refractivity contribution in [1.82, 2.24) is 24.5 Å². The van der Waals surface area contributed by atoms with Crippen LogP contribution in [0.4, 0.5) is 0 Å². The summed E-state index contributed by atoms with van der Waals surface area (Å²) in [5, 5.41) is 14.5. The molecule has 156 valence electrons. The zero-order valence-corrected chi connectivity index (χ0v) is 18.2. The minimum atomic E-state index is 0.0157. The zero-order valence-electron chi connectivity index (χ0n) is 17.4. The number of hydrogen-bond acceptors (Lipinski definition) is 8. The van der Waals surface area contributed by atoms with Gasteiger partial charge < -0.3 is 14.3 Å². The zero-order chi connectivity index (χ0) is 22.1. The quantitative estimate of drug-likeness (QED) is 0.354. The first kappa shape index (κ1) is 20.4. The van der Waals surface area contributed by atoms with Crippen LogP contribution in [0, 0.1) is 37.0 Å². The molecule has 4 rings (SSSR count). The van der Waals surface area contributed by atoms with Gasteiger partial charge in [0.05, 0.1) is 34.9 Å². The molecule has 4 aromatic heterocycles. The van der Waals surface area contributed by atoms with Crippen LogP contribution < -0.4 is 4.74 Å². The molecule has 0 amide bonds. The number of fused-ring (bicyclic) bond motifs is 1. The van der Waals surface area contributed by atoms with E-state index in [0.29, 0.717) is 34.0 Å². The molecule has 9 nitrogen and oxygen atoms in total. The van der Waals surface area contributed by atoms with E-state index >= 15 is 0 Å². The van der Waals surface area contributed by atoms with Gasteiger partial charge >= 0.3 is 0 Å². The van der Waals surface area contributed by atoms with Gasteiger partial charge in [0.2, 0.25) is 5.88 Å². The number of aromatic nitrogens is 5. The fourth-order valence-corrected chi connectivity index (χ4v) is 4.52. The molecule has 31 heavy (non-hydrogen) atoms. The van der Waals surface area contributed by atoms with Crippen molar-refractivity contribution in [2.75, 3.05) is 7.11 Å². The number of hydrogen-bond donors (Lipinski definition) is 1. The van der Waals surface area contributed by atoms with Crippen LogP contribution in [0.15, 0.2) is 23.5 Å². The summed E-state index contributed by atoms with van der Waals surface area (Å²) in [6.45, 7) is 5.86. The van der Waals surface area contributed by atoms with Crippen LogP contribution in [0.3, 0.4) is 0 Å². The van der Waals surface area contributed by atoms with E-state index in [9.17, 15) is 10.2 Å². The number of nitroso groups, excluding NO2 is 1. The Kier molecular flexibility index (Phi) is 5.35. The van der Waals surface area contributed by atoms with Gasteiger partial charge in [0.15, 0.2) is 0 Å². The number of aryl methyl sites for hydroxylation is 2. The highest BCUT2D eigenvalue weighted by Gasteiger charge is 2.18. The molecule has 0 spiro atoms. The van der Waals surface area contributed by atoms with E-state index in [2.05, 4.69) is 31.2 Å². The van der Waals surface area contributed by atoms with Crippen molar-refractivity contribution < 1.29 is 4.74 Å². The Morgan fingerprint density at radius 3 is 2.87 bits per heavy atom. The number of nitrogens with zero attached hydrogens (tertiary/aromatic N) is 6. The number of thiazole rings is 1. The lowest BCUT2D eigenvalue weighted by Gasteiger charge is -2.08. The van der Waals surface area contributed by atoms with E-state index in [0.717, 1.165) is 27.0 Å². The molecule has 0 bridgehead atoms. The van der Waals surface area contributed by atoms with Crippen LogP contribution in [-0.2, 0) is 6.54 Å². The standard InChI is InChI=1S/C21H19N7O2S/c1-11-5-14(12(2)28(11)21-18(10-24-29)25-13(3)31-21)6-15(8-22)20-26-16-7-19(30-4)23-9-17(16)27-20/h5-7,9H,10H2,1-4H3,(H,26,27)/b15-6+. The molecule has 0 radical (unpaired) electrons. The lowest BCUT2D eigenvalue weighted by Crippen LogP contribution is -2.00. The Morgan fingerprint density at radius 2 is 2.16 bits per heavy atom. The molecule has 0 aliphatic rings. The second-order valence-corrected chi connectivity index (χ2v) is 8.11. The second kappa shape index (κ2) is 8.12. The number of pyridine rings is 1. The molecule has 0 aromatic carbocycles. The van der Waals surface area contributed by atoms with Crippen LogP contribution >= 0.6 is 11.3 Å². The van der Waals surface area contributed by atoms with Crippen LogP contribution in [-0.4, -0.2) is 31.6 Å². The van der Waals surface area contributed by atoms with Crippen molar-refractivity contribution in [3.8, 4) is 17.0 Å². The molecule has 0 fully saturated rings. The summed E-state index contributed by atoms with van der Waals surface area (Å²) in [5.74, 6) is 0.911. The third kappa shape index (κ3) is 3.71. The van der Waals surface area contributed by atoms with Crippen molar-refractivity contribution in [3.63, 3.8) is 0 Å². The fraction of sp³-hybridized carbons (Fsp3) is 0.238. The predicted molar refractivity (Wildman–Crippen MR) is 119 cm³/mol. The molecule has 0 saturated heterocycles. The van der Waals surface area contributed by atoms with Gasteiger partial charge in [-0.2, -0.15) is 10.2 Å². The highest BCUT2D eigenvalue weighted by atomic mass is 32.1. The van der Waals surface area contributed by atoms with Gasteiger partial charge in [-0.25, -0.2) is 15.0 Å². The van der Waals surface area contributed by atoms with Crippen molar-refractivity contribution in [1.29, 1.82) is 5.26 Å². The summed E-state index contributed by atoms with van der Waals surface area (Å²) in [6, 6.07) is 5.93. The molecule has 0 aliphatic heterocycles. The predicted octanol–water partition coefficient (Wildman–Crippen LogP) is 4.47. The SMILES string of the molecule is COc1cc2nc(/C(C#N)=C/c3cc(C)n(-c4sc(C)nc4CN=O)c3C)[nH]c2cn1. The third-order valence-corrected chi connectivity index (χ3v) is 5.90. The first-order valence-electron chi connectivity index (χ1n) is 9.41. The first-order valence-corrected chi connectivity index (χ1v) is 10.2. The average molecular weight is 433 g/mol. The summed E-state index contributed by atoms with van der Waals surface area (Å²) < 4.78 is 7.18. The van der Waals surface area contributed by atoms with E-state index in [1.807, 2.05) is 31.4 Å². The highest BCUT2D eigenvalue weighted by molar-refractivity contribution is 7.14. The first-order chi connectivity index (χ1) is 14.9. The maximum Gasteiger partial charge on any atom is 0.215 e. The Balaban J connectivity index is 1.79. The number of methoxy groups -OCH3 is 1. The van der Waals surface area contributed by atoms with E-state index in [1.54, 1.807) is 25.4 Å². The maximum atomic E-state index is 10.8. The smallest absolute Gasteiger partial charge is 0.215 e. The summed E-state index contributed by atoms with van der Waals surface area (Å²) in [7, 11) is 1.54. The molecule has 10 heteroatoms. The lowest BCUT2D eigenvalue weighted by molar-refractivity contribution is 0.398. The summed E-state index contributed by atoms with van der Waals surface area (Å²) in [5.41, 5.74) is 5.20. The van der Waals surface area contributed by atoms with E-state index in [-0.39, 0.29) is 6.54 Å². The van der Waals surface area contributed by atoms with Crippen LogP contribution in [0.5, 0.6) is 5.88 Å². The molecule has 0 saturated carbocycles. The van der Waals surface area contributed by atoms with Gasteiger partial charge in [-0.3, -0.25) is 0 Å². The van der Waals surface area contributed by atoms with Crippen molar-refractivity contribution in [2.45, 2.75) is 27.3 Å². The summed E-state index contributed by atoms with van der Waals surface area (Å²) in [4.78, 5) is 27.1. The molecule has 4 aromatic rings. The molecule has 0 atom stereocenters. The molecular formula is C21H19N7O2S. The maximum absolute atomic E-state index is 10.8. The van der Waals surface area contributed by atoms with E-state index in [1.165, 1.54) is 11.3 Å². The monoisotopic (exact) mass is 433 g/mol. The summed E-state index contributed by atoms with van der Waals surface area (Å²) >= 11 is 1.51. The number of imidazole rings is 1. The van der Waals surface area contributed by atoms with Gasteiger partial charge in [-0.05, 0) is 38.5 Å². The third-order valence-electron chi connectivity index (χ3n) is 4.90. The van der Waals surface area contributed by atoms with Crippen molar-refractivity contribution in [2.24, 2.45) is 5.18 Å². The van der Waals surface area contributed by atoms with E-state index < -0.39 is 0 Å². The fourth-order valence-electron chi connectivity index (χ4n) is 3.48. The highest BCUT2D eigenvalue weighted by Crippen LogP contribution is 2.30. The van der Waals surface area contributed by atoms with Gasteiger partial charge in [0, 0.05) is 17.5 Å². The Hall–Kier alpha value is -3.84. The minimum absolute atomic E-state index is 0.0157. The molecule has 0 unspecified atom stereocenters. The normalized spacial score (nSPS) is 11.6.